The van der Waals surface area contributed by atoms with Crippen molar-refractivity contribution in [3.63, 3.8) is 0 Å². The first-order chi connectivity index (χ1) is 8.40. The summed E-state index contributed by atoms with van der Waals surface area (Å²) in [6.45, 7) is 4.07. The number of carboxylic acid groups (broad SMARTS) is 1. The standard InChI is InChI=1S/C13H24N2O3/c1-8(2)7-11(14)12(16)15-10-5-3-9(4-6-10)13(17)18/h8-11H,3-7,14H2,1-2H3,(H,15,16)(H,17,18)/t9?,10?,11-/m0/s1. The lowest BCUT2D eigenvalue weighted by Gasteiger charge is -2.28. The first-order valence-corrected chi connectivity index (χ1v) is 6.69. The number of aliphatic carboxylic acids is 1. The highest BCUT2D eigenvalue weighted by molar-refractivity contribution is 5.81. The second-order valence-electron chi connectivity index (χ2n) is 5.63. The number of amides is 1. The molecule has 0 bridgehead atoms. The molecule has 0 radical (unpaired) electrons. The van der Waals surface area contributed by atoms with Gasteiger partial charge in [-0.1, -0.05) is 13.8 Å². The number of carbonyl (C=O) groups excluding carboxylic acids is 1. The maximum Gasteiger partial charge on any atom is 0.306 e. The Morgan fingerprint density at radius 2 is 1.83 bits per heavy atom. The van der Waals surface area contributed by atoms with E-state index in [-0.39, 0.29) is 17.9 Å². The molecule has 5 nitrogen and oxygen atoms in total. The zero-order valence-corrected chi connectivity index (χ0v) is 11.2. The number of hydrogen-bond donors (Lipinski definition) is 3. The molecule has 0 aliphatic heterocycles. The van der Waals surface area contributed by atoms with Gasteiger partial charge in [-0.2, -0.15) is 0 Å². The van der Waals surface area contributed by atoms with Gasteiger partial charge in [0.15, 0.2) is 0 Å². The van der Waals surface area contributed by atoms with E-state index >= 15 is 0 Å². The van der Waals surface area contributed by atoms with Crippen LogP contribution in [0.1, 0.15) is 46.0 Å². The molecule has 0 saturated heterocycles. The van der Waals surface area contributed by atoms with Crippen molar-refractivity contribution in [3.05, 3.63) is 0 Å². The van der Waals surface area contributed by atoms with Crippen molar-refractivity contribution in [1.29, 1.82) is 0 Å². The Morgan fingerprint density at radius 3 is 2.28 bits per heavy atom. The van der Waals surface area contributed by atoms with Crippen molar-refractivity contribution in [2.24, 2.45) is 17.6 Å². The first-order valence-electron chi connectivity index (χ1n) is 6.69. The average Bonchev–Trinajstić information content (AvgIpc) is 2.28. The zero-order chi connectivity index (χ0) is 13.7. The SMILES string of the molecule is CC(C)C[C@H](N)C(=O)NC1CCC(C(=O)O)CC1. The minimum atomic E-state index is -0.726. The third-order valence-corrected chi connectivity index (χ3v) is 3.48. The number of hydrogen-bond acceptors (Lipinski definition) is 3. The van der Waals surface area contributed by atoms with Crippen LogP contribution in [0.2, 0.25) is 0 Å². The van der Waals surface area contributed by atoms with Gasteiger partial charge in [0.25, 0.3) is 0 Å². The van der Waals surface area contributed by atoms with E-state index in [0.717, 1.165) is 12.8 Å². The highest BCUT2D eigenvalue weighted by Crippen LogP contribution is 2.24. The largest absolute Gasteiger partial charge is 0.481 e. The third kappa shape index (κ3) is 4.64. The Balaban J connectivity index is 2.32. The molecule has 104 valence electrons. The lowest BCUT2D eigenvalue weighted by atomic mass is 9.86. The maximum absolute atomic E-state index is 11.8. The maximum atomic E-state index is 11.8. The topological polar surface area (TPSA) is 92.4 Å². The van der Waals surface area contributed by atoms with Crippen LogP contribution in [0.4, 0.5) is 0 Å². The average molecular weight is 256 g/mol. The molecular formula is C13H24N2O3. The minimum Gasteiger partial charge on any atom is -0.481 e. The molecule has 4 N–H and O–H groups in total. The molecule has 1 aliphatic carbocycles. The summed E-state index contributed by atoms with van der Waals surface area (Å²) in [5.41, 5.74) is 5.80. The van der Waals surface area contributed by atoms with Gasteiger partial charge in [-0.15, -0.1) is 0 Å². The van der Waals surface area contributed by atoms with Crippen LogP contribution in [0.3, 0.4) is 0 Å². The first kappa shape index (κ1) is 15.0. The Hall–Kier alpha value is -1.10. The van der Waals surface area contributed by atoms with Gasteiger partial charge >= 0.3 is 5.97 Å². The van der Waals surface area contributed by atoms with Crippen LogP contribution >= 0.6 is 0 Å². The van der Waals surface area contributed by atoms with Gasteiger partial charge < -0.3 is 16.2 Å². The molecular weight excluding hydrogens is 232 g/mol. The minimum absolute atomic E-state index is 0.0892. The van der Waals surface area contributed by atoms with Crippen molar-refractivity contribution in [1.82, 2.24) is 5.32 Å². The summed E-state index contributed by atoms with van der Waals surface area (Å²) in [4.78, 5) is 22.6. The van der Waals surface area contributed by atoms with Gasteiger partial charge in [0, 0.05) is 6.04 Å². The van der Waals surface area contributed by atoms with Crippen molar-refractivity contribution >= 4 is 11.9 Å². The zero-order valence-electron chi connectivity index (χ0n) is 11.2. The van der Waals surface area contributed by atoms with E-state index in [2.05, 4.69) is 5.32 Å². The van der Waals surface area contributed by atoms with Crippen LogP contribution in [0.25, 0.3) is 0 Å². The lowest BCUT2D eigenvalue weighted by Crippen LogP contribution is -2.47. The molecule has 1 aliphatic rings. The normalized spacial score (nSPS) is 25.8. The number of carbonyl (C=O) groups is 2. The van der Waals surface area contributed by atoms with Gasteiger partial charge in [0.05, 0.1) is 12.0 Å². The fourth-order valence-corrected chi connectivity index (χ4v) is 2.41. The Bertz CT molecular complexity index is 297. The van der Waals surface area contributed by atoms with E-state index < -0.39 is 12.0 Å². The van der Waals surface area contributed by atoms with E-state index in [4.69, 9.17) is 10.8 Å². The molecule has 1 amide bonds. The van der Waals surface area contributed by atoms with Gasteiger partial charge in [-0.05, 0) is 38.0 Å². The molecule has 0 spiro atoms. The third-order valence-electron chi connectivity index (χ3n) is 3.48. The summed E-state index contributed by atoms with van der Waals surface area (Å²) in [6.07, 6.45) is 3.42. The van der Waals surface area contributed by atoms with Crippen molar-refractivity contribution < 1.29 is 14.7 Å². The molecule has 0 aromatic carbocycles. The Morgan fingerprint density at radius 1 is 1.28 bits per heavy atom. The van der Waals surface area contributed by atoms with Crippen molar-refractivity contribution in [2.75, 3.05) is 0 Å². The fourth-order valence-electron chi connectivity index (χ4n) is 2.41. The molecule has 1 saturated carbocycles. The molecule has 1 rings (SSSR count). The second-order valence-corrected chi connectivity index (χ2v) is 5.63. The van der Waals surface area contributed by atoms with E-state index in [9.17, 15) is 9.59 Å². The van der Waals surface area contributed by atoms with Crippen LogP contribution in [0.15, 0.2) is 0 Å². The molecule has 5 heteroatoms. The predicted molar refractivity (Wildman–Crippen MR) is 69.0 cm³/mol. The molecule has 0 heterocycles. The van der Waals surface area contributed by atoms with Gasteiger partial charge in [-0.3, -0.25) is 9.59 Å². The monoisotopic (exact) mass is 256 g/mol. The number of nitrogens with two attached hydrogens (primary N) is 1. The number of carboxylic acids is 1. The van der Waals surface area contributed by atoms with Crippen LogP contribution < -0.4 is 11.1 Å². The summed E-state index contributed by atoms with van der Waals surface area (Å²) in [5, 5.41) is 11.8. The van der Waals surface area contributed by atoms with E-state index in [1.807, 2.05) is 13.8 Å². The molecule has 0 unspecified atom stereocenters. The summed E-state index contributed by atoms with van der Waals surface area (Å²) >= 11 is 0. The van der Waals surface area contributed by atoms with Crippen LogP contribution in [-0.2, 0) is 9.59 Å². The number of nitrogens with one attached hydrogen (secondary N) is 1. The van der Waals surface area contributed by atoms with Gasteiger partial charge in [0.2, 0.25) is 5.91 Å². The summed E-state index contributed by atoms with van der Waals surface area (Å²) in [7, 11) is 0. The molecule has 1 fully saturated rings. The second kappa shape index (κ2) is 6.73. The highest BCUT2D eigenvalue weighted by Gasteiger charge is 2.27. The summed E-state index contributed by atoms with van der Waals surface area (Å²) in [6, 6.07) is -0.367. The Kier molecular flexibility index (Phi) is 5.59. The van der Waals surface area contributed by atoms with Crippen LogP contribution in [0, 0.1) is 11.8 Å². The smallest absolute Gasteiger partial charge is 0.306 e. The lowest BCUT2D eigenvalue weighted by molar-refractivity contribution is -0.142. The highest BCUT2D eigenvalue weighted by atomic mass is 16.4. The van der Waals surface area contributed by atoms with Crippen LogP contribution in [-0.4, -0.2) is 29.1 Å². The molecule has 18 heavy (non-hydrogen) atoms. The van der Waals surface area contributed by atoms with Gasteiger partial charge in [-0.25, -0.2) is 0 Å². The van der Waals surface area contributed by atoms with E-state index in [1.54, 1.807) is 0 Å². The molecule has 0 aromatic rings. The molecule has 0 aromatic heterocycles. The summed E-state index contributed by atoms with van der Waals surface area (Å²) < 4.78 is 0. The van der Waals surface area contributed by atoms with E-state index in [0.29, 0.717) is 25.2 Å². The Labute approximate surface area is 108 Å². The molecule has 1 atom stereocenters. The number of rotatable bonds is 5. The van der Waals surface area contributed by atoms with Gasteiger partial charge in [0.1, 0.15) is 0 Å². The fraction of sp³-hybridized carbons (Fsp3) is 0.846. The van der Waals surface area contributed by atoms with E-state index in [1.165, 1.54) is 0 Å². The van der Waals surface area contributed by atoms with Crippen molar-refractivity contribution in [3.8, 4) is 0 Å². The quantitative estimate of drug-likeness (QED) is 0.687. The summed E-state index contributed by atoms with van der Waals surface area (Å²) in [5.74, 6) is -0.685. The van der Waals surface area contributed by atoms with Crippen LogP contribution in [0.5, 0.6) is 0 Å². The van der Waals surface area contributed by atoms with Crippen molar-refractivity contribution in [2.45, 2.75) is 58.0 Å². The predicted octanol–water partition coefficient (Wildman–Crippen LogP) is 1.12.